The monoisotopic (exact) mass is 238 g/mol. The molecule has 0 spiro atoms. The molecular weight excluding hydrogens is 219 g/mol. The van der Waals surface area contributed by atoms with Crippen molar-refractivity contribution in [3.8, 4) is 0 Å². The van der Waals surface area contributed by atoms with E-state index in [1.807, 2.05) is 0 Å². The Bertz CT molecular complexity index is 368. The maximum absolute atomic E-state index is 13.5. The Balaban J connectivity index is 1.82. The van der Waals surface area contributed by atoms with Crippen LogP contribution in [0.1, 0.15) is 12.8 Å². The second-order valence-corrected chi connectivity index (χ2v) is 4.67. The van der Waals surface area contributed by atoms with Crippen molar-refractivity contribution in [3.05, 3.63) is 30.1 Å². The van der Waals surface area contributed by atoms with Gasteiger partial charge in [0.15, 0.2) is 0 Å². The van der Waals surface area contributed by atoms with Gasteiger partial charge >= 0.3 is 0 Å². The molecular formula is C13H19FN2O. The quantitative estimate of drug-likeness (QED) is 0.786. The number of aliphatic hydroxyl groups is 1. The van der Waals surface area contributed by atoms with Gasteiger partial charge in [-0.25, -0.2) is 4.39 Å². The lowest BCUT2D eigenvalue weighted by Crippen LogP contribution is -2.37. The molecule has 1 aromatic rings. The SMILES string of the molecule is CN(CC(O)CNC1CC1)c1ccccc1F. The van der Waals surface area contributed by atoms with Crippen LogP contribution in [-0.2, 0) is 0 Å². The normalized spacial score (nSPS) is 16.9. The van der Waals surface area contributed by atoms with Gasteiger partial charge in [-0.2, -0.15) is 0 Å². The minimum atomic E-state index is -0.472. The van der Waals surface area contributed by atoms with Gasteiger partial charge < -0.3 is 15.3 Å². The van der Waals surface area contributed by atoms with Crippen LogP contribution in [0.5, 0.6) is 0 Å². The van der Waals surface area contributed by atoms with Crippen LogP contribution < -0.4 is 10.2 Å². The summed E-state index contributed by atoms with van der Waals surface area (Å²) in [7, 11) is 1.79. The first kappa shape index (κ1) is 12.3. The molecule has 1 aliphatic carbocycles. The Hall–Kier alpha value is -1.13. The molecule has 1 aliphatic rings. The molecule has 0 radical (unpaired) electrons. The zero-order valence-corrected chi connectivity index (χ0v) is 10.1. The van der Waals surface area contributed by atoms with Crippen LogP contribution in [0.15, 0.2) is 24.3 Å². The van der Waals surface area contributed by atoms with Crippen molar-refractivity contribution in [1.29, 1.82) is 0 Å². The van der Waals surface area contributed by atoms with Gasteiger partial charge in [0.1, 0.15) is 5.82 Å². The molecule has 1 unspecified atom stereocenters. The molecule has 0 aromatic heterocycles. The number of likely N-dealkylation sites (N-methyl/N-ethyl adjacent to an activating group) is 1. The van der Waals surface area contributed by atoms with Gasteiger partial charge in [0.2, 0.25) is 0 Å². The summed E-state index contributed by atoms with van der Waals surface area (Å²) in [4.78, 5) is 1.74. The number of anilines is 1. The molecule has 1 atom stereocenters. The third-order valence-corrected chi connectivity index (χ3v) is 2.97. The Morgan fingerprint density at radius 2 is 2.18 bits per heavy atom. The molecule has 3 nitrogen and oxygen atoms in total. The van der Waals surface area contributed by atoms with Crippen molar-refractivity contribution in [2.24, 2.45) is 0 Å². The molecule has 0 saturated heterocycles. The van der Waals surface area contributed by atoms with E-state index >= 15 is 0 Å². The molecule has 2 N–H and O–H groups in total. The second-order valence-electron chi connectivity index (χ2n) is 4.67. The highest BCUT2D eigenvalue weighted by Gasteiger charge is 2.21. The number of nitrogens with one attached hydrogen (secondary N) is 1. The third kappa shape index (κ3) is 3.68. The van der Waals surface area contributed by atoms with E-state index in [4.69, 9.17) is 0 Å². The van der Waals surface area contributed by atoms with Crippen molar-refractivity contribution in [1.82, 2.24) is 5.32 Å². The van der Waals surface area contributed by atoms with Crippen LogP contribution in [0, 0.1) is 5.82 Å². The summed E-state index contributed by atoms with van der Waals surface area (Å²) in [5.74, 6) is -0.252. The number of benzene rings is 1. The lowest BCUT2D eigenvalue weighted by molar-refractivity contribution is 0.177. The zero-order chi connectivity index (χ0) is 12.3. The number of aliphatic hydroxyl groups excluding tert-OH is 1. The van der Waals surface area contributed by atoms with E-state index in [2.05, 4.69) is 5.32 Å². The van der Waals surface area contributed by atoms with Crippen molar-refractivity contribution in [2.45, 2.75) is 25.0 Å². The van der Waals surface area contributed by atoms with Gasteiger partial charge in [-0.1, -0.05) is 12.1 Å². The number of para-hydroxylation sites is 1. The summed E-state index contributed by atoms with van der Waals surface area (Å²) in [6.45, 7) is 1.00. The maximum Gasteiger partial charge on any atom is 0.146 e. The van der Waals surface area contributed by atoms with E-state index in [1.54, 1.807) is 30.1 Å². The Labute approximate surface area is 101 Å². The van der Waals surface area contributed by atoms with Crippen LogP contribution in [0.3, 0.4) is 0 Å². The van der Waals surface area contributed by atoms with Gasteiger partial charge in [-0.05, 0) is 25.0 Å². The molecule has 1 aromatic carbocycles. The minimum Gasteiger partial charge on any atom is -0.390 e. The van der Waals surface area contributed by atoms with Crippen LogP contribution in [0.25, 0.3) is 0 Å². The Kier molecular flexibility index (Phi) is 3.97. The van der Waals surface area contributed by atoms with Crippen LogP contribution in [-0.4, -0.2) is 37.4 Å². The summed E-state index contributed by atoms with van der Waals surface area (Å²) in [6.07, 6.45) is 1.94. The van der Waals surface area contributed by atoms with Gasteiger partial charge in [0, 0.05) is 26.2 Å². The molecule has 1 fully saturated rings. The van der Waals surface area contributed by atoms with E-state index in [-0.39, 0.29) is 5.82 Å². The van der Waals surface area contributed by atoms with Gasteiger partial charge in [0.25, 0.3) is 0 Å². The maximum atomic E-state index is 13.5. The molecule has 0 amide bonds. The van der Waals surface area contributed by atoms with Crippen LogP contribution in [0.4, 0.5) is 10.1 Å². The number of halogens is 1. The predicted molar refractivity (Wildman–Crippen MR) is 66.7 cm³/mol. The average molecular weight is 238 g/mol. The topological polar surface area (TPSA) is 35.5 Å². The molecule has 0 heterocycles. The van der Waals surface area contributed by atoms with E-state index in [9.17, 15) is 9.50 Å². The zero-order valence-electron chi connectivity index (χ0n) is 10.1. The first-order valence-electron chi connectivity index (χ1n) is 6.04. The molecule has 2 rings (SSSR count). The van der Waals surface area contributed by atoms with Crippen molar-refractivity contribution < 1.29 is 9.50 Å². The van der Waals surface area contributed by atoms with Gasteiger partial charge in [-0.15, -0.1) is 0 Å². The van der Waals surface area contributed by atoms with Gasteiger partial charge in [0.05, 0.1) is 11.8 Å². The Morgan fingerprint density at radius 3 is 2.82 bits per heavy atom. The summed E-state index contributed by atoms with van der Waals surface area (Å²) in [5.41, 5.74) is 0.526. The van der Waals surface area contributed by atoms with Crippen LogP contribution in [0.2, 0.25) is 0 Å². The summed E-state index contributed by atoms with van der Waals surface area (Å²) >= 11 is 0. The summed E-state index contributed by atoms with van der Waals surface area (Å²) < 4.78 is 13.5. The van der Waals surface area contributed by atoms with E-state index in [1.165, 1.54) is 18.9 Å². The summed E-state index contributed by atoms with van der Waals surface area (Å²) in [6, 6.07) is 7.20. The molecule has 4 heteroatoms. The predicted octanol–water partition coefficient (Wildman–Crippen LogP) is 1.37. The number of hydrogen-bond acceptors (Lipinski definition) is 3. The van der Waals surface area contributed by atoms with E-state index in [0.29, 0.717) is 24.8 Å². The fraction of sp³-hybridized carbons (Fsp3) is 0.538. The first-order chi connectivity index (χ1) is 8.16. The highest BCUT2D eigenvalue weighted by Crippen LogP contribution is 2.19. The fourth-order valence-electron chi connectivity index (χ4n) is 1.83. The molecule has 0 aliphatic heterocycles. The smallest absolute Gasteiger partial charge is 0.146 e. The molecule has 0 bridgehead atoms. The molecule has 17 heavy (non-hydrogen) atoms. The summed E-state index contributed by atoms with van der Waals surface area (Å²) in [5, 5.41) is 13.1. The largest absolute Gasteiger partial charge is 0.390 e. The highest BCUT2D eigenvalue weighted by molar-refractivity contribution is 5.46. The van der Waals surface area contributed by atoms with Crippen LogP contribution >= 0.6 is 0 Å². The Morgan fingerprint density at radius 1 is 1.47 bits per heavy atom. The fourth-order valence-corrected chi connectivity index (χ4v) is 1.83. The minimum absolute atomic E-state index is 0.252. The van der Waals surface area contributed by atoms with Gasteiger partial charge in [-0.3, -0.25) is 0 Å². The first-order valence-corrected chi connectivity index (χ1v) is 6.04. The van der Waals surface area contributed by atoms with Crippen molar-refractivity contribution >= 4 is 5.69 Å². The van der Waals surface area contributed by atoms with E-state index < -0.39 is 6.10 Å². The second kappa shape index (κ2) is 5.47. The third-order valence-electron chi connectivity index (χ3n) is 2.97. The number of hydrogen-bond donors (Lipinski definition) is 2. The molecule has 94 valence electrons. The lowest BCUT2D eigenvalue weighted by Gasteiger charge is -2.23. The molecule has 1 saturated carbocycles. The average Bonchev–Trinajstić information content (AvgIpc) is 3.10. The number of rotatable bonds is 6. The van der Waals surface area contributed by atoms with Crippen molar-refractivity contribution in [3.63, 3.8) is 0 Å². The number of nitrogens with zero attached hydrogens (tertiary/aromatic N) is 1. The van der Waals surface area contributed by atoms with E-state index in [0.717, 1.165) is 0 Å². The van der Waals surface area contributed by atoms with Crippen molar-refractivity contribution in [2.75, 3.05) is 25.0 Å². The lowest BCUT2D eigenvalue weighted by atomic mass is 10.2. The highest BCUT2D eigenvalue weighted by atomic mass is 19.1. The standard InChI is InChI=1S/C13H19FN2O/c1-16(13-5-3-2-4-12(13)14)9-11(17)8-15-10-6-7-10/h2-5,10-11,15,17H,6-9H2,1H3.